The molecule has 0 radical (unpaired) electrons. The van der Waals surface area contributed by atoms with E-state index in [4.69, 9.17) is 4.42 Å². The van der Waals surface area contributed by atoms with Gasteiger partial charge < -0.3 is 9.52 Å². The molecule has 1 unspecified atom stereocenters. The van der Waals surface area contributed by atoms with Gasteiger partial charge in [-0.1, -0.05) is 98.5 Å². The molecule has 0 aliphatic carbocycles. The predicted molar refractivity (Wildman–Crippen MR) is 149 cm³/mol. The second kappa shape index (κ2) is 10.2. The number of furan rings is 1. The number of carbonyl (C=O) groups is 2. The number of Topliss-reactive ketones (excluding diaryl/α,β-unsaturated/α-hetero) is 1. The highest BCUT2D eigenvalue weighted by Gasteiger charge is 2.46. The quantitative estimate of drug-likeness (QED) is 0.155. The van der Waals surface area contributed by atoms with Gasteiger partial charge >= 0.3 is 0 Å². The highest BCUT2D eigenvalue weighted by molar-refractivity contribution is 8.00. The van der Waals surface area contributed by atoms with Crippen LogP contribution in [0.4, 0.5) is 5.13 Å². The summed E-state index contributed by atoms with van der Waals surface area (Å²) in [5, 5.41) is 19.8. The van der Waals surface area contributed by atoms with Crippen molar-refractivity contribution in [2.45, 2.75) is 49.2 Å². The number of anilines is 1. The van der Waals surface area contributed by atoms with Crippen LogP contribution in [0.15, 0.2) is 86.8 Å². The zero-order valence-corrected chi connectivity index (χ0v) is 23.1. The Morgan fingerprint density at radius 3 is 2.39 bits per heavy atom. The lowest BCUT2D eigenvalue weighted by atomic mass is 9.85. The zero-order valence-electron chi connectivity index (χ0n) is 21.5. The van der Waals surface area contributed by atoms with E-state index in [0.29, 0.717) is 26.5 Å². The second-order valence-electron chi connectivity index (χ2n) is 10.1. The fourth-order valence-electron chi connectivity index (χ4n) is 4.28. The molecule has 9 heteroatoms. The summed E-state index contributed by atoms with van der Waals surface area (Å²) in [4.78, 5) is 28.3. The van der Waals surface area contributed by atoms with Gasteiger partial charge in [-0.05, 0) is 41.2 Å². The molecule has 4 aromatic rings. The topological polar surface area (TPSA) is 96.5 Å². The fourth-order valence-corrected chi connectivity index (χ4v) is 6.11. The Hall–Kier alpha value is -3.69. The number of aliphatic hydroxyl groups is 1. The number of thioether (sulfide) groups is 1. The molecule has 1 amide bonds. The molecule has 1 atom stereocenters. The number of hydrogen-bond acceptors (Lipinski definition) is 8. The lowest BCUT2D eigenvalue weighted by Crippen LogP contribution is -2.31. The number of aromatic nitrogens is 2. The fraction of sp³-hybridized carbons (Fsp3) is 0.241. The molecule has 1 aliphatic heterocycles. The molecule has 2 aromatic carbocycles. The summed E-state index contributed by atoms with van der Waals surface area (Å²) in [6.45, 7) is 8.07. The molecule has 0 saturated heterocycles. The van der Waals surface area contributed by atoms with Gasteiger partial charge in [-0.15, -0.1) is 10.2 Å². The van der Waals surface area contributed by atoms with E-state index < -0.39 is 23.5 Å². The number of nitrogens with zero attached hydrogens (tertiary/aromatic N) is 3. The predicted octanol–water partition coefficient (Wildman–Crippen LogP) is 6.81. The van der Waals surface area contributed by atoms with E-state index in [2.05, 4.69) is 31.0 Å². The molecule has 5 rings (SSSR count). The van der Waals surface area contributed by atoms with Crippen LogP contribution >= 0.6 is 23.1 Å². The minimum Gasteiger partial charge on any atom is -0.503 e. The molecule has 0 spiro atoms. The molecule has 3 heterocycles. The second-order valence-corrected chi connectivity index (χ2v) is 12.3. The standard InChI is InChI=1S/C29H27N3O4S2/c1-17-10-15-21(36-17)24(33)22-23(19-11-13-20(14-12-19)29(2,3)4)32(26(35)25(22)34)27-30-31-28(38-27)37-16-18-8-6-5-7-9-18/h5-15,23,34H,16H2,1-4H3. The lowest BCUT2D eigenvalue weighted by Gasteiger charge is -2.25. The van der Waals surface area contributed by atoms with Crippen molar-refractivity contribution >= 4 is 39.9 Å². The van der Waals surface area contributed by atoms with Crippen LogP contribution in [0.25, 0.3) is 0 Å². The molecule has 38 heavy (non-hydrogen) atoms. The van der Waals surface area contributed by atoms with Crippen LogP contribution in [0, 0.1) is 6.92 Å². The zero-order chi connectivity index (χ0) is 27.0. The summed E-state index contributed by atoms with van der Waals surface area (Å²) < 4.78 is 6.24. The van der Waals surface area contributed by atoms with Gasteiger partial charge in [0.05, 0.1) is 11.6 Å². The third-order valence-electron chi connectivity index (χ3n) is 6.32. The lowest BCUT2D eigenvalue weighted by molar-refractivity contribution is -0.117. The highest BCUT2D eigenvalue weighted by atomic mass is 32.2. The number of hydrogen-bond donors (Lipinski definition) is 1. The summed E-state index contributed by atoms with van der Waals surface area (Å²) in [5.74, 6) is -0.526. The van der Waals surface area contributed by atoms with E-state index in [1.807, 2.05) is 54.6 Å². The van der Waals surface area contributed by atoms with Crippen LogP contribution in [0.1, 0.15) is 59.8 Å². The number of amides is 1. The smallest absolute Gasteiger partial charge is 0.296 e. The molecular formula is C29H27N3O4S2. The van der Waals surface area contributed by atoms with E-state index in [0.717, 1.165) is 11.1 Å². The first-order valence-corrected chi connectivity index (χ1v) is 13.9. The van der Waals surface area contributed by atoms with Crippen LogP contribution in [0.2, 0.25) is 0 Å². The molecule has 194 valence electrons. The van der Waals surface area contributed by atoms with E-state index in [9.17, 15) is 14.7 Å². The molecule has 1 aliphatic rings. The largest absolute Gasteiger partial charge is 0.503 e. The molecule has 0 fully saturated rings. The SMILES string of the molecule is Cc1ccc(C(=O)C2=C(O)C(=O)N(c3nnc(SCc4ccccc4)s3)C2c2ccc(C(C)(C)C)cc2)o1. The van der Waals surface area contributed by atoms with Crippen molar-refractivity contribution in [3.63, 3.8) is 0 Å². The van der Waals surface area contributed by atoms with Crippen molar-refractivity contribution in [3.05, 3.63) is 106 Å². The summed E-state index contributed by atoms with van der Waals surface area (Å²) in [7, 11) is 0. The van der Waals surface area contributed by atoms with Crippen LogP contribution in [-0.2, 0) is 16.0 Å². The maximum atomic E-state index is 13.5. The van der Waals surface area contributed by atoms with Gasteiger partial charge in [-0.2, -0.15) is 0 Å². The maximum absolute atomic E-state index is 13.5. The Labute approximate surface area is 229 Å². The van der Waals surface area contributed by atoms with E-state index in [-0.39, 0.29) is 16.7 Å². The Bertz CT molecular complexity index is 1520. The first kappa shape index (κ1) is 25.9. The minimum atomic E-state index is -0.880. The number of ketones is 1. The average molecular weight is 546 g/mol. The normalized spacial score (nSPS) is 15.9. The molecule has 0 saturated carbocycles. The Kier molecular flexibility index (Phi) is 6.98. The van der Waals surface area contributed by atoms with Gasteiger partial charge in [0.2, 0.25) is 10.9 Å². The van der Waals surface area contributed by atoms with Crippen molar-refractivity contribution < 1.29 is 19.1 Å². The number of carbonyl (C=O) groups excluding carboxylic acids is 2. The average Bonchev–Trinajstić information content (AvgIpc) is 3.61. The molecular weight excluding hydrogens is 518 g/mol. The molecule has 2 aromatic heterocycles. The molecule has 7 nitrogen and oxygen atoms in total. The van der Waals surface area contributed by atoms with Gasteiger partial charge in [0.1, 0.15) is 5.76 Å². The number of aliphatic hydroxyl groups excluding tert-OH is 1. The monoisotopic (exact) mass is 545 g/mol. The third kappa shape index (κ3) is 5.04. The van der Waals surface area contributed by atoms with Crippen molar-refractivity contribution in [1.29, 1.82) is 0 Å². The van der Waals surface area contributed by atoms with Crippen molar-refractivity contribution in [2.24, 2.45) is 0 Å². The van der Waals surface area contributed by atoms with Crippen molar-refractivity contribution in [3.8, 4) is 0 Å². The van der Waals surface area contributed by atoms with Crippen LogP contribution in [0.3, 0.4) is 0 Å². The summed E-state index contributed by atoms with van der Waals surface area (Å²) in [6.07, 6.45) is 0. The van der Waals surface area contributed by atoms with Gasteiger partial charge in [0.15, 0.2) is 15.9 Å². The van der Waals surface area contributed by atoms with Gasteiger partial charge in [-0.3, -0.25) is 14.5 Å². The van der Waals surface area contributed by atoms with Gasteiger partial charge in [0.25, 0.3) is 5.91 Å². The van der Waals surface area contributed by atoms with Crippen LogP contribution in [-0.4, -0.2) is 27.0 Å². The van der Waals surface area contributed by atoms with Crippen molar-refractivity contribution in [2.75, 3.05) is 4.90 Å². The van der Waals surface area contributed by atoms with Crippen molar-refractivity contribution in [1.82, 2.24) is 10.2 Å². The Morgan fingerprint density at radius 2 is 1.76 bits per heavy atom. The third-order valence-corrected chi connectivity index (χ3v) is 8.44. The first-order chi connectivity index (χ1) is 18.1. The first-order valence-electron chi connectivity index (χ1n) is 12.1. The summed E-state index contributed by atoms with van der Waals surface area (Å²) in [6, 6.07) is 20.1. The highest BCUT2D eigenvalue weighted by Crippen LogP contribution is 2.44. The summed E-state index contributed by atoms with van der Waals surface area (Å²) in [5.41, 5.74) is 2.81. The van der Waals surface area contributed by atoms with Gasteiger partial charge in [-0.25, -0.2) is 0 Å². The number of benzene rings is 2. The van der Waals surface area contributed by atoms with E-state index >= 15 is 0 Å². The van der Waals surface area contributed by atoms with Gasteiger partial charge in [0, 0.05) is 5.75 Å². The van der Waals surface area contributed by atoms with E-state index in [1.165, 1.54) is 28.0 Å². The minimum absolute atomic E-state index is 0.0402. The van der Waals surface area contributed by atoms with E-state index in [1.54, 1.807) is 19.1 Å². The Balaban J connectivity index is 1.52. The molecule has 1 N–H and O–H groups in total. The molecule has 0 bridgehead atoms. The van der Waals surface area contributed by atoms with Crippen LogP contribution < -0.4 is 4.90 Å². The van der Waals surface area contributed by atoms with Crippen LogP contribution in [0.5, 0.6) is 0 Å². The number of rotatable bonds is 7. The Morgan fingerprint density at radius 1 is 1.05 bits per heavy atom. The number of aryl methyl sites for hydroxylation is 1. The maximum Gasteiger partial charge on any atom is 0.296 e. The summed E-state index contributed by atoms with van der Waals surface area (Å²) >= 11 is 2.76.